The van der Waals surface area contributed by atoms with Gasteiger partial charge in [-0.15, -0.1) is 0 Å². The summed E-state index contributed by atoms with van der Waals surface area (Å²) in [4.78, 5) is 30.5. The average Bonchev–Trinajstić information content (AvgIpc) is 2.50. The summed E-state index contributed by atoms with van der Waals surface area (Å²) in [6.45, 7) is 1.34. The Morgan fingerprint density at radius 2 is 2.11 bits per heavy atom. The molecule has 1 amide bonds. The first-order chi connectivity index (χ1) is 9.06. The zero-order chi connectivity index (χ0) is 13.8. The van der Waals surface area contributed by atoms with Crippen molar-refractivity contribution in [1.29, 1.82) is 0 Å². The van der Waals surface area contributed by atoms with Crippen molar-refractivity contribution in [1.82, 2.24) is 14.8 Å². The van der Waals surface area contributed by atoms with E-state index in [1.165, 1.54) is 0 Å². The normalized spacial score (nSPS) is 21.2. The van der Waals surface area contributed by atoms with Crippen molar-refractivity contribution in [2.75, 3.05) is 26.7 Å². The molecule has 102 valence electrons. The molecule has 1 aliphatic heterocycles. The van der Waals surface area contributed by atoms with E-state index < -0.39 is 11.9 Å². The fourth-order valence-electron chi connectivity index (χ4n) is 2.21. The Morgan fingerprint density at radius 1 is 1.42 bits per heavy atom. The standard InChI is InChI=1S/C13H17N3O3/c1-15-7-11(13(18)19)8-16(12(17)9-15)6-10-2-4-14-5-3-10/h2-5,11H,6-9H2,1H3,(H,18,19). The van der Waals surface area contributed by atoms with Crippen LogP contribution in [0.1, 0.15) is 5.56 Å². The molecular weight excluding hydrogens is 246 g/mol. The molecule has 19 heavy (non-hydrogen) atoms. The van der Waals surface area contributed by atoms with Gasteiger partial charge in [0.15, 0.2) is 0 Å². The van der Waals surface area contributed by atoms with E-state index in [9.17, 15) is 14.7 Å². The maximum Gasteiger partial charge on any atom is 0.309 e. The second-order valence-corrected chi connectivity index (χ2v) is 4.86. The molecular formula is C13H17N3O3. The van der Waals surface area contributed by atoms with Crippen LogP contribution in [-0.4, -0.2) is 58.4 Å². The van der Waals surface area contributed by atoms with Crippen LogP contribution in [0.3, 0.4) is 0 Å². The molecule has 1 aromatic rings. The van der Waals surface area contributed by atoms with E-state index in [1.54, 1.807) is 29.2 Å². The first kappa shape index (κ1) is 13.5. The molecule has 0 aromatic carbocycles. The molecule has 0 radical (unpaired) electrons. The molecule has 1 atom stereocenters. The Hall–Kier alpha value is -1.95. The van der Waals surface area contributed by atoms with Crippen LogP contribution in [0.2, 0.25) is 0 Å². The molecule has 1 aliphatic rings. The van der Waals surface area contributed by atoms with E-state index in [0.717, 1.165) is 5.56 Å². The molecule has 0 saturated carbocycles. The van der Waals surface area contributed by atoms with Gasteiger partial charge in [0, 0.05) is 32.0 Å². The number of rotatable bonds is 3. The highest BCUT2D eigenvalue weighted by Gasteiger charge is 2.30. The Labute approximate surface area is 111 Å². The van der Waals surface area contributed by atoms with E-state index in [4.69, 9.17) is 0 Å². The number of carboxylic acids is 1. The smallest absolute Gasteiger partial charge is 0.309 e. The van der Waals surface area contributed by atoms with E-state index >= 15 is 0 Å². The van der Waals surface area contributed by atoms with Gasteiger partial charge in [-0.25, -0.2) is 0 Å². The number of carboxylic acid groups (broad SMARTS) is 1. The van der Waals surface area contributed by atoms with Crippen molar-refractivity contribution < 1.29 is 14.7 Å². The number of aliphatic carboxylic acids is 1. The van der Waals surface area contributed by atoms with Crippen molar-refractivity contribution in [3.63, 3.8) is 0 Å². The van der Waals surface area contributed by atoms with Gasteiger partial charge >= 0.3 is 5.97 Å². The van der Waals surface area contributed by atoms with Crippen LogP contribution < -0.4 is 0 Å². The zero-order valence-corrected chi connectivity index (χ0v) is 10.8. The number of carbonyl (C=O) groups is 2. The number of amides is 1. The van der Waals surface area contributed by atoms with E-state index in [2.05, 4.69) is 4.98 Å². The first-order valence-corrected chi connectivity index (χ1v) is 6.14. The van der Waals surface area contributed by atoms with Crippen molar-refractivity contribution in [2.45, 2.75) is 6.54 Å². The number of aromatic nitrogens is 1. The van der Waals surface area contributed by atoms with Crippen molar-refractivity contribution in [2.24, 2.45) is 5.92 Å². The highest BCUT2D eigenvalue weighted by Crippen LogP contribution is 2.13. The fraction of sp³-hybridized carbons (Fsp3) is 0.462. The molecule has 2 rings (SSSR count). The summed E-state index contributed by atoms with van der Waals surface area (Å²) in [7, 11) is 1.77. The highest BCUT2D eigenvalue weighted by molar-refractivity contribution is 5.80. The summed E-state index contributed by atoms with van der Waals surface area (Å²) in [6.07, 6.45) is 3.33. The molecule has 6 heteroatoms. The SMILES string of the molecule is CN1CC(=O)N(Cc2ccncc2)CC(C(=O)O)C1. The summed E-state index contributed by atoms with van der Waals surface area (Å²) in [5, 5.41) is 9.18. The molecule has 1 N–H and O–H groups in total. The lowest BCUT2D eigenvalue weighted by Crippen LogP contribution is -2.36. The lowest BCUT2D eigenvalue weighted by molar-refractivity contribution is -0.142. The quantitative estimate of drug-likeness (QED) is 0.834. The molecule has 1 fully saturated rings. The summed E-state index contributed by atoms with van der Waals surface area (Å²) >= 11 is 0. The van der Waals surface area contributed by atoms with Crippen molar-refractivity contribution >= 4 is 11.9 Å². The lowest BCUT2D eigenvalue weighted by Gasteiger charge is -2.22. The molecule has 1 unspecified atom stereocenters. The minimum atomic E-state index is -0.860. The molecule has 0 spiro atoms. The minimum absolute atomic E-state index is 0.0388. The second-order valence-electron chi connectivity index (χ2n) is 4.86. The summed E-state index contributed by atoms with van der Waals surface area (Å²) in [6, 6.07) is 3.66. The predicted molar refractivity (Wildman–Crippen MR) is 68.3 cm³/mol. The average molecular weight is 263 g/mol. The third-order valence-corrected chi connectivity index (χ3v) is 3.20. The predicted octanol–water partition coefficient (Wildman–Crippen LogP) is 0.0564. The van der Waals surface area contributed by atoms with Gasteiger partial charge in [0.1, 0.15) is 0 Å². The van der Waals surface area contributed by atoms with Crippen molar-refractivity contribution in [3.8, 4) is 0 Å². The maximum atomic E-state index is 12.1. The van der Waals surface area contributed by atoms with Crippen LogP contribution in [0.4, 0.5) is 0 Å². The van der Waals surface area contributed by atoms with Crippen LogP contribution in [0.15, 0.2) is 24.5 Å². The fourth-order valence-corrected chi connectivity index (χ4v) is 2.21. The third-order valence-electron chi connectivity index (χ3n) is 3.20. The Kier molecular flexibility index (Phi) is 4.11. The van der Waals surface area contributed by atoms with Crippen LogP contribution in [0, 0.1) is 5.92 Å². The van der Waals surface area contributed by atoms with Gasteiger partial charge < -0.3 is 10.0 Å². The number of hydrogen-bond acceptors (Lipinski definition) is 4. The molecule has 1 saturated heterocycles. The van der Waals surface area contributed by atoms with E-state index in [-0.39, 0.29) is 19.0 Å². The summed E-state index contributed by atoms with van der Waals surface area (Å²) < 4.78 is 0. The van der Waals surface area contributed by atoms with Crippen LogP contribution in [-0.2, 0) is 16.1 Å². The van der Waals surface area contributed by atoms with Crippen LogP contribution in [0.5, 0.6) is 0 Å². The monoisotopic (exact) mass is 263 g/mol. The highest BCUT2D eigenvalue weighted by atomic mass is 16.4. The number of hydrogen-bond donors (Lipinski definition) is 1. The van der Waals surface area contributed by atoms with Crippen LogP contribution in [0.25, 0.3) is 0 Å². The van der Waals surface area contributed by atoms with Gasteiger partial charge in [0.2, 0.25) is 5.91 Å². The molecule has 0 aliphatic carbocycles. The van der Waals surface area contributed by atoms with E-state index in [1.807, 2.05) is 12.1 Å². The lowest BCUT2D eigenvalue weighted by atomic mass is 10.1. The number of carbonyl (C=O) groups excluding carboxylic acids is 1. The maximum absolute atomic E-state index is 12.1. The first-order valence-electron chi connectivity index (χ1n) is 6.14. The number of nitrogens with zero attached hydrogens (tertiary/aromatic N) is 3. The minimum Gasteiger partial charge on any atom is -0.481 e. The van der Waals surface area contributed by atoms with Gasteiger partial charge in [0.25, 0.3) is 0 Å². The Balaban J connectivity index is 2.13. The number of pyridine rings is 1. The molecule has 6 nitrogen and oxygen atoms in total. The number of likely N-dealkylation sites (N-methyl/N-ethyl adjacent to an activating group) is 1. The van der Waals surface area contributed by atoms with Gasteiger partial charge in [-0.1, -0.05) is 0 Å². The zero-order valence-electron chi connectivity index (χ0n) is 10.8. The Morgan fingerprint density at radius 3 is 2.74 bits per heavy atom. The van der Waals surface area contributed by atoms with Crippen molar-refractivity contribution in [3.05, 3.63) is 30.1 Å². The van der Waals surface area contributed by atoms with Gasteiger partial charge in [-0.3, -0.25) is 19.5 Å². The van der Waals surface area contributed by atoms with Gasteiger partial charge in [-0.2, -0.15) is 0 Å². The molecule has 2 heterocycles. The van der Waals surface area contributed by atoms with Gasteiger partial charge in [0.05, 0.1) is 12.5 Å². The molecule has 1 aromatic heterocycles. The third kappa shape index (κ3) is 3.51. The Bertz CT molecular complexity index is 463. The topological polar surface area (TPSA) is 73.7 Å². The van der Waals surface area contributed by atoms with E-state index in [0.29, 0.717) is 13.1 Å². The van der Waals surface area contributed by atoms with Gasteiger partial charge in [-0.05, 0) is 24.7 Å². The molecule has 0 bridgehead atoms. The second kappa shape index (κ2) is 5.79. The summed E-state index contributed by atoms with van der Waals surface area (Å²) in [5.41, 5.74) is 0.956. The van der Waals surface area contributed by atoms with Crippen LogP contribution >= 0.6 is 0 Å². The summed E-state index contributed by atoms with van der Waals surface area (Å²) in [5.74, 6) is -1.44. The largest absolute Gasteiger partial charge is 0.481 e.